The average Bonchev–Trinajstić information content (AvgIpc) is 2.43. The fraction of sp³-hybridized carbons (Fsp3) is 0.214. The van der Waals surface area contributed by atoms with Gasteiger partial charge in [0.05, 0.1) is 14.2 Å². The van der Waals surface area contributed by atoms with Crippen LogP contribution in [0.3, 0.4) is 0 Å². The summed E-state index contributed by atoms with van der Waals surface area (Å²) in [5.74, 6) is 1.43. The van der Waals surface area contributed by atoms with Crippen molar-refractivity contribution in [1.29, 1.82) is 0 Å². The molecule has 0 saturated carbocycles. The molecule has 0 fully saturated rings. The minimum Gasteiger partial charge on any atom is -0.497 e. The van der Waals surface area contributed by atoms with Gasteiger partial charge in [-0.2, -0.15) is 0 Å². The van der Waals surface area contributed by atoms with Crippen molar-refractivity contribution in [3.05, 3.63) is 56.4 Å². The number of hydrogen-bond acceptors (Lipinski definition) is 3. The van der Waals surface area contributed by atoms with Crippen LogP contribution in [0.4, 0.5) is 0 Å². The van der Waals surface area contributed by atoms with Crippen molar-refractivity contribution in [3.8, 4) is 11.5 Å². The summed E-state index contributed by atoms with van der Waals surface area (Å²) < 4.78 is 11.3. The lowest BCUT2D eigenvalue weighted by atomic mass is 10.1. The minimum absolute atomic E-state index is 0.104. The maximum absolute atomic E-state index is 11.8. The average molecular weight is 324 g/mol. The molecule has 5 heteroatoms. The molecular formula is C14H14BrNO3. The highest BCUT2D eigenvalue weighted by molar-refractivity contribution is 9.10. The Kier molecular flexibility index (Phi) is 4.27. The number of ether oxygens (including phenoxy) is 2. The normalized spacial score (nSPS) is 10.3. The minimum atomic E-state index is -0.104. The second kappa shape index (κ2) is 5.93. The van der Waals surface area contributed by atoms with E-state index in [4.69, 9.17) is 9.47 Å². The Morgan fingerprint density at radius 1 is 1.21 bits per heavy atom. The number of aromatic nitrogens is 1. The van der Waals surface area contributed by atoms with E-state index >= 15 is 0 Å². The molecule has 0 spiro atoms. The largest absolute Gasteiger partial charge is 0.497 e. The Morgan fingerprint density at radius 2 is 2.00 bits per heavy atom. The standard InChI is InChI=1S/C14H14BrNO3/c1-18-10-4-3-9(13(8-10)19-2)7-11-12(15)5-6-16-14(11)17/h3-6,8H,7H2,1-2H3,(H,16,17). The van der Waals surface area contributed by atoms with Gasteiger partial charge in [0.15, 0.2) is 0 Å². The van der Waals surface area contributed by atoms with Crippen LogP contribution in [0.1, 0.15) is 11.1 Å². The molecule has 0 amide bonds. The molecule has 1 aromatic heterocycles. The second-order valence-electron chi connectivity index (χ2n) is 3.99. The maximum atomic E-state index is 11.8. The first-order valence-electron chi connectivity index (χ1n) is 5.72. The molecule has 0 atom stereocenters. The molecule has 2 aromatic rings. The van der Waals surface area contributed by atoms with Crippen LogP contribution in [0.2, 0.25) is 0 Å². The van der Waals surface area contributed by atoms with Crippen LogP contribution in [0.25, 0.3) is 0 Å². The number of benzene rings is 1. The Bertz CT molecular complexity index is 637. The third-order valence-electron chi connectivity index (χ3n) is 2.87. The molecule has 0 aliphatic heterocycles. The molecule has 0 unspecified atom stereocenters. The lowest BCUT2D eigenvalue weighted by Gasteiger charge is -2.10. The van der Waals surface area contributed by atoms with Crippen molar-refractivity contribution in [2.75, 3.05) is 14.2 Å². The van der Waals surface area contributed by atoms with Crippen LogP contribution in [0, 0.1) is 0 Å². The number of nitrogens with one attached hydrogen (secondary N) is 1. The Hall–Kier alpha value is -1.75. The zero-order valence-corrected chi connectivity index (χ0v) is 12.3. The number of hydrogen-bond donors (Lipinski definition) is 1. The van der Waals surface area contributed by atoms with Gasteiger partial charge in [0.1, 0.15) is 11.5 Å². The van der Waals surface area contributed by atoms with Crippen molar-refractivity contribution < 1.29 is 9.47 Å². The van der Waals surface area contributed by atoms with Gasteiger partial charge >= 0.3 is 0 Å². The predicted molar refractivity (Wildman–Crippen MR) is 77.1 cm³/mol. The molecule has 0 saturated heterocycles. The van der Waals surface area contributed by atoms with Crippen LogP contribution >= 0.6 is 15.9 Å². The zero-order valence-electron chi connectivity index (χ0n) is 10.7. The fourth-order valence-corrected chi connectivity index (χ4v) is 2.29. The molecule has 19 heavy (non-hydrogen) atoms. The van der Waals surface area contributed by atoms with E-state index in [1.165, 1.54) is 0 Å². The fourth-order valence-electron chi connectivity index (χ4n) is 1.84. The van der Waals surface area contributed by atoms with Crippen molar-refractivity contribution in [2.24, 2.45) is 0 Å². The van der Waals surface area contributed by atoms with Crippen LogP contribution in [0.5, 0.6) is 11.5 Å². The third-order valence-corrected chi connectivity index (χ3v) is 3.61. The SMILES string of the molecule is COc1ccc(Cc2c(Br)cc[nH]c2=O)c(OC)c1. The topological polar surface area (TPSA) is 51.3 Å². The summed E-state index contributed by atoms with van der Waals surface area (Å²) in [5.41, 5.74) is 1.50. The molecule has 4 nitrogen and oxygen atoms in total. The lowest BCUT2D eigenvalue weighted by molar-refractivity contribution is 0.391. The molecule has 100 valence electrons. The van der Waals surface area contributed by atoms with Gasteiger partial charge in [0.2, 0.25) is 0 Å². The maximum Gasteiger partial charge on any atom is 0.252 e. The number of rotatable bonds is 4. The molecule has 0 aliphatic carbocycles. The summed E-state index contributed by atoms with van der Waals surface area (Å²) in [7, 11) is 3.20. The number of methoxy groups -OCH3 is 2. The zero-order chi connectivity index (χ0) is 13.8. The Labute approximate surface area is 119 Å². The third kappa shape index (κ3) is 2.98. The summed E-state index contributed by atoms with van der Waals surface area (Å²) in [6.45, 7) is 0. The van der Waals surface area contributed by atoms with Gasteiger partial charge < -0.3 is 14.5 Å². The number of halogens is 1. The summed E-state index contributed by atoms with van der Waals surface area (Å²) in [5, 5.41) is 0. The highest BCUT2D eigenvalue weighted by atomic mass is 79.9. The molecule has 0 bridgehead atoms. The summed E-state index contributed by atoms with van der Waals surface area (Å²) in [6, 6.07) is 7.37. The first-order chi connectivity index (χ1) is 9.15. The Balaban J connectivity index is 2.41. The van der Waals surface area contributed by atoms with E-state index in [1.807, 2.05) is 18.2 Å². The number of aromatic amines is 1. The molecule has 0 radical (unpaired) electrons. The van der Waals surface area contributed by atoms with Crippen molar-refractivity contribution in [1.82, 2.24) is 4.98 Å². The van der Waals surface area contributed by atoms with Crippen molar-refractivity contribution in [2.45, 2.75) is 6.42 Å². The monoisotopic (exact) mass is 323 g/mol. The Morgan fingerprint density at radius 3 is 2.63 bits per heavy atom. The van der Waals surface area contributed by atoms with Gasteiger partial charge in [-0.15, -0.1) is 0 Å². The van der Waals surface area contributed by atoms with Gasteiger partial charge in [0, 0.05) is 28.7 Å². The lowest BCUT2D eigenvalue weighted by Crippen LogP contribution is -2.13. The van der Waals surface area contributed by atoms with Gasteiger partial charge in [-0.05, 0) is 17.7 Å². The molecular weight excluding hydrogens is 310 g/mol. The van der Waals surface area contributed by atoms with E-state index < -0.39 is 0 Å². The second-order valence-corrected chi connectivity index (χ2v) is 4.84. The van der Waals surface area contributed by atoms with Crippen molar-refractivity contribution >= 4 is 15.9 Å². The summed E-state index contributed by atoms with van der Waals surface area (Å²) in [4.78, 5) is 14.5. The number of H-pyrrole nitrogens is 1. The highest BCUT2D eigenvalue weighted by Gasteiger charge is 2.10. The van der Waals surface area contributed by atoms with Crippen LogP contribution in [-0.4, -0.2) is 19.2 Å². The molecule has 0 aliphatic rings. The highest BCUT2D eigenvalue weighted by Crippen LogP contribution is 2.27. The predicted octanol–water partition coefficient (Wildman–Crippen LogP) is 2.75. The van der Waals surface area contributed by atoms with E-state index in [0.717, 1.165) is 15.8 Å². The van der Waals surface area contributed by atoms with Gasteiger partial charge in [-0.1, -0.05) is 22.0 Å². The first kappa shape index (κ1) is 13.7. The van der Waals surface area contributed by atoms with Gasteiger partial charge in [-0.25, -0.2) is 0 Å². The van der Waals surface area contributed by atoms with Gasteiger partial charge in [-0.3, -0.25) is 4.79 Å². The first-order valence-corrected chi connectivity index (χ1v) is 6.52. The van der Waals surface area contributed by atoms with Crippen LogP contribution in [0.15, 0.2) is 39.7 Å². The molecule has 1 aromatic carbocycles. The van der Waals surface area contributed by atoms with E-state index in [-0.39, 0.29) is 5.56 Å². The van der Waals surface area contributed by atoms with E-state index in [1.54, 1.807) is 26.5 Å². The summed E-state index contributed by atoms with van der Waals surface area (Å²) >= 11 is 3.39. The summed E-state index contributed by atoms with van der Waals surface area (Å²) in [6.07, 6.45) is 2.10. The van der Waals surface area contributed by atoms with E-state index in [9.17, 15) is 4.79 Å². The van der Waals surface area contributed by atoms with E-state index in [2.05, 4.69) is 20.9 Å². The quantitative estimate of drug-likeness (QED) is 0.941. The molecule has 2 rings (SSSR count). The van der Waals surface area contributed by atoms with E-state index in [0.29, 0.717) is 17.7 Å². The molecule has 1 heterocycles. The van der Waals surface area contributed by atoms with Gasteiger partial charge in [0.25, 0.3) is 5.56 Å². The smallest absolute Gasteiger partial charge is 0.252 e. The van der Waals surface area contributed by atoms with Crippen LogP contribution in [-0.2, 0) is 6.42 Å². The van der Waals surface area contributed by atoms with Crippen molar-refractivity contribution in [3.63, 3.8) is 0 Å². The molecule has 1 N–H and O–H groups in total. The number of pyridine rings is 1. The van der Waals surface area contributed by atoms with Crippen LogP contribution < -0.4 is 15.0 Å².